The highest BCUT2D eigenvalue weighted by Gasteiger charge is 2.15. The number of hydrogen-bond acceptors (Lipinski definition) is 5. The van der Waals surface area contributed by atoms with Crippen molar-refractivity contribution in [3.8, 4) is 23.0 Å². The Morgan fingerprint density at radius 3 is 2.81 bits per heavy atom. The monoisotopic (exact) mass is 350 g/mol. The Hall–Kier alpha value is -2.21. The van der Waals surface area contributed by atoms with Crippen molar-refractivity contribution in [1.82, 2.24) is 0 Å². The molecule has 0 bridgehead atoms. The van der Waals surface area contributed by atoms with E-state index in [2.05, 4.69) is 15.9 Å². The van der Waals surface area contributed by atoms with E-state index in [-0.39, 0.29) is 13.4 Å². The first-order valence-corrected chi connectivity index (χ1v) is 6.99. The lowest BCUT2D eigenvalue weighted by Crippen LogP contribution is -2.17. The third-order valence-corrected chi connectivity index (χ3v) is 3.22. The number of hydrogen-bond donors (Lipinski definition) is 0. The Bertz CT molecular complexity index is 671. The zero-order chi connectivity index (χ0) is 14.7. The topological polar surface area (TPSA) is 54.0 Å². The number of ether oxygens (including phenoxy) is 4. The predicted molar refractivity (Wildman–Crippen MR) is 77.8 cm³/mol. The molecule has 0 atom stereocenters. The van der Waals surface area contributed by atoms with Crippen LogP contribution < -0.4 is 18.9 Å². The van der Waals surface area contributed by atoms with Crippen LogP contribution >= 0.6 is 15.9 Å². The van der Waals surface area contributed by atoms with E-state index in [1.807, 2.05) is 12.1 Å². The minimum absolute atomic E-state index is 0.176. The first-order chi connectivity index (χ1) is 10.2. The molecule has 2 aromatic carbocycles. The van der Waals surface area contributed by atoms with Gasteiger partial charge in [0.2, 0.25) is 6.79 Å². The van der Waals surface area contributed by atoms with Gasteiger partial charge in [-0.2, -0.15) is 0 Å². The zero-order valence-corrected chi connectivity index (χ0v) is 12.5. The van der Waals surface area contributed by atoms with Gasteiger partial charge >= 0.3 is 5.97 Å². The van der Waals surface area contributed by atoms with Crippen LogP contribution in [0.3, 0.4) is 0 Å². The largest absolute Gasteiger partial charge is 0.482 e. The van der Waals surface area contributed by atoms with Crippen molar-refractivity contribution >= 4 is 21.9 Å². The van der Waals surface area contributed by atoms with Crippen molar-refractivity contribution in [3.05, 3.63) is 46.9 Å². The molecule has 21 heavy (non-hydrogen) atoms. The molecule has 0 aliphatic carbocycles. The molecule has 0 fully saturated rings. The second-order valence-electron chi connectivity index (χ2n) is 4.24. The zero-order valence-electron chi connectivity index (χ0n) is 10.9. The number of rotatable bonds is 4. The van der Waals surface area contributed by atoms with Gasteiger partial charge in [-0.3, -0.25) is 0 Å². The number of halogens is 1. The highest BCUT2D eigenvalue weighted by atomic mass is 79.9. The van der Waals surface area contributed by atoms with Crippen LogP contribution in [-0.4, -0.2) is 19.4 Å². The summed E-state index contributed by atoms with van der Waals surface area (Å²) in [6.45, 7) is 0.00360. The summed E-state index contributed by atoms with van der Waals surface area (Å²) in [6.07, 6.45) is 0. The molecule has 108 valence electrons. The number of carbonyl (C=O) groups excluding carboxylic acids is 1. The highest BCUT2D eigenvalue weighted by Crippen LogP contribution is 2.35. The average Bonchev–Trinajstić information content (AvgIpc) is 2.93. The minimum atomic E-state index is -0.492. The molecule has 0 aromatic heterocycles. The summed E-state index contributed by atoms with van der Waals surface area (Å²) in [6, 6.07) is 12.2. The van der Waals surface area contributed by atoms with Crippen LogP contribution in [0.2, 0.25) is 0 Å². The van der Waals surface area contributed by atoms with Gasteiger partial charge in [-0.1, -0.05) is 22.0 Å². The van der Waals surface area contributed by atoms with Gasteiger partial charge in [-0.15, -0.1) is 0 Å². The minimum Gasteiger partial charge on any atom is -0.482 e. The van der Waals surface area contributed by atoms with E-state index in [1.165, 1.54) is 0 Å². The maximum Gasteiger partial charge on any atom is 0.349 e. The van der Waals surface area contributed by atoms with Crippen LogP contribution in [0.1, 0.15) is 0 Å². The van der Waals surface area contributed by atoms with Crippen LogP contribution in [0.25, 0.3) is 0 Å². The lowest BCUT2D eigenvalue weighted by Gasteiger charge is -2.07. The van der Waals surface area contributed by atoms with E-state index in [0.717, 1.165) is 4.47 Å². The molecule has 0 saturated carbocycles. The second kappa shape index (κ2) is 6.05. The van der Waals surface area contributed by atoms with Crippen LogP contribution in [-0.2, 0) is 4.79 Å². The molecule has 1 aliphatic heterocycles. The molecule has 0 amide bonds. The lowest BCUT2D eigenvalue weighted by molar-refractivity contribution is -0.136. The normalized spacial score (nSPS) is 12.0. The van der Waals surface area contributed by atoms with E-state index < -0.39 is 5.97 Å². The number of benzene rings is 2. The molecule has 5 nitrogen and oxygen atoms in total. The molecule has 6 heteroatoms. The molecule has 0 spiro atoms. The van der Waals surface area contributed by atoms with Gasteiger partial charge in [0, 0.05) is 10.5 Å². The molecule has 0 radical (unpaired) electrons. The smallest absolute Gasteiger partial charge is 0.349 e. The predicted octanol–water partition coefficient (Wildman–Crippen LogP) is 3.16. The molecule has 3 rings (SSSR count). The number of fused-ring (bicyclic) bond motifs is 1. The Morgan fingerprint density at radius 1 is 1.10 bits per heavy atom. The van der Waals surface area contributed by atoms with E-state index in [4.69, 9.17) is 18.9 Å². The van der Waals surface area contributed by atoms with Crippen molar-refractivity contribution in [1.29, 1.82) is 0 Å². The molecule has 0 unspecified atom stereocenters. The Balaban J connectivity index is 1.57. The summed E-state index contributed by atoms with van der Waals surface area (Å²) in [5, 5.41) is 0. The van der Waals surface area contributed by atoms with Gasteiger partial charge < -0.3 is 18.9 Å². The summed E-state index contributed by atoms with van der Waals surface area (Å²) < 4.78 is 21.8. The third-order valence-electron chi connectivity index (χ3n) is 2.73. The van der Waals surface area contributed by atoms with Gasteiger partial charge in [0.25, 0.3) is 0 Å². The van der Waals surface area contributed by atoms with E-state index in [9.17, 15) is 4.79 Å². The molecular weight excluding hydrogens is 340 g/mol. The van der Waals surface area contributed by atoms with E-state index in [1.54, 1.807) is 30.3 Å². The number of carbonyl (C=O) groups is 1. The van der Waals surface area contributed by atoms with Crippen molar-refractivity contribution in [3.63, 3.8) is 0 Å². The first kappa shape index (κ1) is 13.8. The highest BCUT2D eigenvalue weighted by molar-refractivity contribution is 9.10. The van der Waals surface area contributed by atoms with Crippen LogP contribution in [0.15, 0.2) is 46.9 Å². The van der Waals surface area contributed by atoms with E-state index >= 15 is 0 Å². The summed E-state index contributed by atoms with van der Waals surface area (Å²) in [5.41, 5.74) is 0. The van der Waals surface area contributed by atoms with Crippen molar-refractivity contribution in [2.75, 3.05) is 13.4 Å². The Labute approximate surface area is 129 Å². The fraction of sp³-hybridized carbons (Fsp3) is 0.133. The van der Waals surface area contributed by atoms with E-state index in [0.29, 0.717) is 23.0 Å². The lowest BCUT2D eigenvalue weighted by atomic mass is 10.3. The maximum atomic E-state index is 11.7. The second-order valence-corrected chi connectivity index (χ2v) is 5.15. The Kier molecular flexibility index (Phi) is 3.96. The quantitative estimate of drug-likeness (QED) is 0.626. The summed E-state index contributed by atoms with van der Waals surface area (Å²) in [4.78, 5) is 11.7. The summed E-state index contributed by atoms with van der Waals surface area (Å²) in [7, 11) is 0. The van der Waals surface area contributed by atoms with Gasteiger partial charge in [0.05, 0.1) is 0 Å². The third kappa shape index (κ3) is 3.46. The fourth-order valence-corrected chi connectivity index (χ4v) is 2.18. The molecule has 1 aliphatic rings. The average molecular weight is 351 g/mol. The van der Waals surface area contributed by atoms with Crippen LogP contribution in [0, 0.1) is 0 Å². The van der Waals surface area contributed by atoms with Crippen molar-refractivity contribution < 1.29 is 23.7 Å². The fourth-order valence-electron chi connectivity index (χ4n) is 1.80. The molecule has 1 heterocycles. The molecular formula is C15H11BrO5. The first-order valence-electron chi connectivity index (χ1n) is 6.19. The molecule has 0 N–H and O–H groups in total. The maximum absolute atomic E-state index is 11.7. The van der Waals surface area contributed by atoms with Gasteiger partial charge in [-0.05, 0) is 30.3 Å². The summed E-state index contributed by atoms with van der Waals surface area (Å²) >= 11 is 3.33. The van der Waals surface area contributed by atoms with Crippen molar-refractivity contribution in [2.24, 2.45) is 0 Å². The van der Waals surface area contributed by atoms with Gasteiger partial charge in [0.15, 0.2) is 18.1 Å². The summed E-state index contributed by atoms with van der Waals surface area (Å²) in [5.74, 6) is 1.69. The van der Waals surface area contributed by atoms with Crippen LogP contribution in [0.4, 0.5) is 0 Å². The molecule has 2 aromatic rings. The Morgan fingerprint density at radius 2 is 1.95 bits per heavy atom. The number of esters is 1. The van der Waals surface area contributed by atoms with Crippen LogP contribution in [0.5, 0.6) is 23.0 Å². The standard InChI is InChI=1S/C15H11BrO5/c16-10-2-1-3-11(6-10)18-8-15(17)21-12-4-5-13-14(7-12)20-9-19-13/h1-7H,8-9H2. The van der Waals surface area contributed by atoms with Gasteiger partial charge in [0.1, 0.15) is 11.5 Å². The molecule has 0 saturated heterocycles. The van der Waals surface area contributed by atoms with Gasteiger partial charge in [-0.25, -0.2) is 4.79 Å². The van der Waals surface area contributed by atoms with Crippen molar-refractivity contribution in [2.45, 2.75) is 0 Å². The SMILES string of the molecule is O=C(COc1cccc(Br)c1)Oc1ccc2c(c1)OCO2.